The van der Waals surface area contributed by atoms with Gasteiger partial charge in [0, 0.05) is 17.9 Å². The van der Waals surface area contributed by atoms with Crippen molar-refractivity contribution in [3.63, 3.8) is 0 Å². The van der Waals surface area contributed by atoms with E-state index in [1.807, 2.05) is 17.0 Å². The van der Waals surface area contributed by atoms with E-state index in [4.69, 9.17) is 0 Å². The van der Waals surface area contributed by atoms with E-state index in [1.165, 1.54) is 22.1 Å². The van der Waals surface area contributed by atoms with Crippen molar-refractivity contribution in [3.05, 3.63) is 63.7 Å². The van der Waals surface area contributed by atoms with Crippen molar-refractivity contribution in [1.29, 1.82) is 0 Å². The Bertz CT molecular complexity index is 951. The number of piperazine rings is 1. The first-order valence-electron chi connectivity index (χ1n) is 8.87. The van der Waals surface area contributed by atoms with Crippen molar-refractivity contribution in [2.75, 3.05) is 37.3 Å². The number of hydrogen-bond acceptors (Lipinski definition) is 5. The predicted molar refractivity (Wildman–Crippen MR) is 104 cm³/mol. The Labute approximate surface area is 159 Å². The molecule has 27 heavy (non-hydrogen) atoms. The zero-order valence-corrected chi connectivity index (χ0v) is 16.3. The van der Waals surface area contributed by atoms with Crippen molar-refractivity contribution in [2.24, 2.45) is 0 Å². The summed E-state index contributed by atoms with van der Waals surface area (Å²) < 4.78 is 23.4. The van der Waals surface area contributed by atoms with Gasteiger partial charge in [0.1, 0.15) is 12.2 Å². The molecule has 1 saturated heterocycles. The average Bonchev–Trinajstić information content (AvgIpc) is 2.63. The van der Waals surface area contributed by atoms with E-state index in [1.54, 1.807) is 6.07 Å². The Balaban J connectivity index is 1.74. The molecule has 8 heteroatoms. The van der Waals surface area contributed by atoms with Gasteiger partial charge < -0.3 is 9.80 Å². The van der Waals surface area contributed by atoms with E-state index in [0.29, 0.717) is 18.8 Å². The summed E-state index contributed by atoms with van der Waals surface area (Å²) in [5, 5.41) is 11.5. The summed E-state index contributed by atoms with van der Waals surface area (Å²) in [6.45, 7) is 6.19. The maximum Gasteiger partial charge on any atom is 0.293 e. The van der Waals surface area contributed by atoms with Gasteiger partial charge in [0.05, 0.1) is 36.0 Å². The van der Waals surface area contributed by atoms with Crippen molar-refractivity contribution >= 4 is 21.2 Å². The van der Waals surface area contributed by atoms with E-state index < -0.39 is 14.8 Å². The molecule has 7 nitrogen and oxygen atoms in total. The second-order valence-electron chi connectivity index (χ2n) is 7.02. The Morgan fingerprint density at radius 1 is 1.15 bits per heavy atom. The molecule has 1 heterocycles. The number of hydrogen-bond donors (Lipinski definition) is 1. The second kappa shape index (κ2) is 7.66. The lowest BCUT2D eigenvalue weighted by Crippen LogP contribution is -3.13. The number of benzene rings is 2. The van der Waals surface area contributed by atoms with Gasteiger partial charge in [-0.1, -0.05) is 24.3 Å². The Kier molecular flexibility index (Phi) is 5.48. The number of nitro groups is 1. The number of sulfone groups is 1. The Morgan fingerprint density at radius 2 is 1.81 bits per heavy atom. The molecule has 0 aliphatic carbocycles. The molecule has 0 radical (unpaired) electrons. The molecular weight excluding hydrogens is 366 g/mol. The highest BCUT2D eigenvalue weighted by Gasteiger charge is 2.27. The van der Waals surface area contributed by atoms with Crippen LogP contribution in [0.2, 0.25) is 0 Å². The van der Waals surface area contributed by atoms with E-state index in [-0.39, 0.29) is 10.6 Å². The van der Waals surface area contributed by atoms with Gasteiger partial charge in [-0.3, -0.25) is 10.1 Å². The minimum atomic E-state index is -3.48. The van der Waals surface area contributed by atoms with Crippen LogP contribution in [0.25, 0.3) is 0 Å². The quantitative estimate of drug-likeness (QED) is 0.613. The van der Waals surface area contributed by atoms with Crippen LogP contribution < -0.4 is 9.80 Å². The van der Waals surface area contributed by atoms with Gasteiger partial charge >= 0.3 is 0 Å². The zero-order chi connectivity index (χ0) is 19.6. The molecule has 1 aliphatic heterocycles. The highest BCUT2D eigenvalue weighted by molar-refractivity contribution is 7.90. The Hall–Kier alpha value is -2.45. The maximum atomic E-state index is 11.7. The van der Waals surface area contributed by atoms with Crippen LogP contribution in [0, 0.1) is 17.0 Å². The molecule has 0 saturated carbocycles. The summed E-state index contributed by atoms with van der Waals surface area (Å²) in [7, 11) is -3.48. The molecule has 3 rings (SSSR count). The fourth-order valence-electron chi connectivity index (χ4n) is 3.47. The van der Waals surface area contributed by atoms with Gasteiger partial charge in [-0.2, -0.15) is 0 Å². The molecular formula is C19H24N3O4S+. The minimum absolute atomic E-state index is 0.0261. The molecule has 1 N–H and O–H groups in total. The van der Waals surface area contributed by atoms with Crippen LogP contribution in [0.3, 0.4) is 0 Å². The lowest BCUT2D eigenvalue weighted by atomic mass is 10.1. The van der Waals surface area contributed by atoms with Crippen LogP contribution in [-0.2, 0) is 16.4 Å². The molecule has 0 aromatic heterocycles. The largest absolute Gasteiger partial charge is 0.355 e. The summed E-state index contributed by atoms with van der Waals surface area (Å²) in [5.41, 5.74) is 2.94. The molecule has 2 aromatic carbocycles. The highest BCUT2D eigenvalue weighted by Crippen LogP contribution is 2.30. The van der Waals surface area contributed by atoms with Crippen LogP contribution in [0.4, 0.5) is 11.4 Å². The van der Waals surface area contributed by atoms with Crippen molar-refractivity contribution < 1.29 is 18.2 Å². The standard InChI is InChI=1S/C19H23N3O4S/c1-15-5-3-4-6-16(15)14-20-9-11-21(12-10-20)18-8-7-17(27(2,25)26)13-19(18)22(23)24/h3-8,13H,9-12,14H2,1-2H3/p+1. The topological polar surface area (TPSA) is 85.0 Å². The lowest BCUT2D eigenvalue weighted by Gasteiger charge is -2.33. The SMILES string of the molecule is Cc1ccccc1C[NH+]1CCN(c2ccc(S(C)(=O)=O)cc2[N+](=O)[O-])CC1. The molecule has 0 spiro atoms. The average molecular weight is 390 g/mol. The molecule has 0 amide bonds. The van der Waals surface area contributed by atoms with Gasteiger partial charge in [-0.15, -0.1) is 0 Å². The fraction of sp³-hybridized carbons (Fsp3) is 0.368. The van der Waals surface area contributed by atoms with Gasteiger partial charge in [-0.25, -0.2) is 8.42 Å². The molecule has 1 fully saturated rings. The van der Waals surface area contributed by atoms with Crippen molar-refractivity contribution in [1.82, 2.24) is 0 Å². The molecule has 0 unspecified atom stereocenters. The zero-order valence-electron chi connectivity index (χ0n) is 15.5. The van der Waals surface area contributed by atoms with Gasteiger partial charge in [0.25, 0.3) is 5.69 Å². The lowest BCUT2D eigenvalue weighted by molar-refractivity contribution is -0.914. The van der Waals surface area contributed by atoms with E-state index >= 15 is 0 Å². The van der Waals surface area contributed by atoms with Crippen LogP contribution in [0.15, 0.2) is 47.4 Å². The number of anilines is 1. The Morgan fingerprint density at radius 3 is 2.41 bits per heavy atom. The van der Waals surface area contributed by atoms with E-state index in [0.717, 1.165) is 32.0 Å². The first kappa shape index (κ1) is 19.3. The van der Waals surface area contributed by atoms with Gasteiger partial charge in [0.15, 0.2) is 9.84 Å². The van der Waals surface area contributed by atoms with E-state index in [9.17, 15) is 18.5 Å². The number of quaternary nitrogens is 1. The van der Waals surface area contributed by atoms with Crippen LogP contribution in [-0.4, -0.2) is 45.8 Å². The minimum Gasteiger partial charge on any atom is -0.355 e. The summed E-state index contributed by atoms with van der Waals surface area (Å²) >= 11 is 0. The molecule has 0 atom stereocenters. The summed E-state index contributed by atoms with van der Waals surface area (Å²) in [4.78, 5) is 14.4. The number of aryl methyl sites for hydroxylation is 1. The smallest absolute Gasteiger partial charge is 0.293 e. The first-order valence-corrected chi connectivity index (χ1v) is 10.8. The molecule has 1 aliphatic rings. The fourth-order valence-corrected chi connectivity index (χ4v) is 4.11. The third-order valence-corrected chi connectivity index (χ3v) is 6.19. The molecule has 0 bridgehead atoms. The summed E-state index contributed by atoms with van der Waals surface area (Å²) in [6.07, 6.45) is 1.05. The van der Waals surface area contributed by atoms with Gasteiger partial charge in [0.2, 0.25) is 0 Å². The summed E-state index contributed by atoms with van der Waals surface area (Å²) in [5.74, 6) is 0. The number of nitrogens with one attached hydrogen (secondary N) is 1. The molecule has 144 valence electrons. The molecule has 2 aromatic rings. The van der Waals surface area contributed by atoms with Crippen LogP contribution in [0.5, 0.6) is 0 Å². The number of nitro benzene ring substituents is 1. The van der Waals surface area contributed by atoms with Gasteiger partial charge in [-0.05, 0) is 24.6 Å². The monoisotopic (exact) mass is 390 g/mol. The predicted octanol–water partition coefficient (Wildman–Crippen LogP) is 1.21. The highest BCUT2D eigenvalue weighted by atomic mass is 32.2. The van der Waals surface area contributed by atoms with Crippen molar-refractivity contribution in [3.8, 4) is 0 Å². The normalized spacial score (nSPS) is 15.7. The first-order chi connectivity index (χ1) is 12.8. The third kappa shape index (κ3) is 4.45. The summed E-state index contributed by atoms with van der Waals surface area (Å²) in [6, 6.07) is 12.5. The van der Waals surface area contributed by atoms with Crippen LogP contribution in [0.1, 0.15) is 11.1 Å². The third-order valence-electron chi connectivity index (χ3n) is 5.08. The maximum absolute atomic E-state index is 11.7. The second-order valence-corrected chi connectivity index (χ2v) is 9.04. The number of rotatable bonds is 5. The van der Waals surface area contributed by atoms with E-state index in [2.05, 4.69) is 19.1 Å². The van der Waals surface area contributed by atoms with Crippen LogP contribution >= 0.6 is 0 Å². The number of nitrogens with zero attached hydrogens (tertiary/aromatic N) is 2. The van der Waals surface area contributed by atoms with Crippen molar-refractivity contribution in [2.45, 2.75) is 18.4 Å².